The first-order valence-corrected chi connectivity index (χ1v) is 9.72. The van der Waals surface area contributed by atoms with E-state index in [9.17, 15) is 4.79 Å². The third-order valence-electron chi connectivity index (χ3n) is 4.93. The van der Waals surface area contributed by atoms with Crippen molar-refractivity contribution < 1.29 is 4.42 Å². The molecule has 0 aliphatic carbocycles. The number of hydrogen-bond acceptors (Lipinski definition) is 4. The molecule has 4 rings (SSSR count). The van der Waals surface area contributed by atoms with Gasteiger partial charge < -0.3 is 4.42 Å². The van der Waals surface area contributed by atoms with E-state index in [0.29, 0.717) is 11.1 Å². The minimum absolute atomic E-state index is 0.347. The summed E-state index contributed by atoms with van der Waals surface area (Å²) < 4.78 is 5.60. The predicted octanol–water partition coefficient (Wildman–Crippen LogP) is 5.08. The normalized spacial score (nSPS) is 11.2. The van der Waals surface area contributed by atoms with E-state index in [2.05, 4.69) is 17.1 Å². The van der Waals surface area contributed by atoms with Gasteiger partial charge in [-0.1, -0.05) is 50.1 Å². The molecular weight excluding hydrogens is 350 g/mol. The van der Waals surface area contributed by atoms with Crippen LogP contribution in [-0.2, 0) is 6.42 Å². The molecule has 0 aliphatic heterocycles. The van der Waals surface area contributed by atoms with Gasteiger partial charge in [0.15, 0.2) is 0 Å². The fraction of sp³-hybridized carbons (Fsp3) is 0.261. The van der Waals surface area contributed by atoms with Gasteiger partial charge in [-0.3, -0.25) is 0 Å². The summed E-state index contributed by atoms with van der Waals surface area (Å²) in [5, 5.41) is 10.0. The summed E-state index contributed by atoms with van der Waals surface area (Å²) in [4.78, 5) is 14.1. The first-order valence-electron chi connectivity index (χ1n) is 9.72. The molecule has 2 aromatic heterocycles. The van der Waals surface area contributed by atoms with E-state index in [1.54, 1.807) is 4.80 Å². The van der Waals surface area contributed by atoms with Gasteiger partial charge in [0, 0.05) is 11.5 Å². The highest BCUT2D eigenvalue weighted by Crippen LogP contribution is 2.23. The number of aryl methyl sites for hydroxylation is 2. The van der Waals surface area contributed by atoms with Crippen molar-refractivity contribution in [2.75, 3.05) is 0 Å². The van der Waals surface area contributed by atoms with Crippen LogP contribution in [0.4, 0.5) is 0 Å². The molecule has 4 aromatic rings. The molecule has 0 spiro atoms. The number of hydrogen-bond donors (Lipinski definition) is 0. The number of nitrogens with zero attached hydrogens (tertiary/aromatic N) is 3. The quantitative estimate of drug-likeness (QED) is 0.349. The van der Waals surface area contributed by atoms with E-state index in [1.165, 1.54) is 12.8 Å². The summed E-state index contributed by atoms with van der Waals surface area (Å²) in [6, 6.07) is 17.1. The van der Waals surface area contributed by atoms with Gasteiger partial charge in [-0.25, -0.2) is 4.79 Å². The minimum Gasteiger partial charge on any atom is -0.422 e. The van der Waals surface area contributed by atoms with E-state index in [1.807, 2.05) is 61.5 Å². The molecule has 2 heterocycles. The Labute approximate surface area is 163 Å². The summed E-state index contributed by atoms with van der Waals surface area (Å²) in [6.45, 7) is 4.17. The first-order chi connectivity index (χ1) is 13.7. The van der Waals surface area contributed by atoms with Crippen LogP contribution in [0.2, 0.25) is 0 Å². The molecule has 0 saturated carbocycles. The molecule has 0 N–H and O–H groups in total. The molecule has 0 amide bonds. The molecule has 0 atom stereocenters. The molecule has 0 bridgehead atoms. The lowest BCUT2D eigenvalue weighted by Gasteiger charge is -2.04. The highest BCUT2D eigenvalue weighted by Gasteiger charge is 2.11. The molecule has 142 valence electrons. The SMILES string of the molecule is CCCCCc1nn(-c2ccc3cc(-c4ccccc4)c(=O)oc3c2)nc1C. The number of fused-ring (bicyclic) bond motifs is 1. The molecule has 28 heavy (non-hydrogen) atoms. The van der Waals surface area contributed by atoms with Crippen molar-refractivity contribution in [3.05, 3.63) is 76.4 Å². The fourth-order valence-electron chi connectivity index (χ4n) is 3.34. The van der Waals surface area contributed by atoms with E-state index in [0.717, 1.165) is 40.9 Å². The third-order valence-corrected chi connectivity index (χ3v) is 4.93. The molecule has 5 heteroatoms. The Bertz CT molecular complexity index is 1160. The zero-order valence-electron chi connectivity index (χ0n) is 16.2. The average Bonchev–Trinajstić information content (AvgIpc) is 3.08. The largest absolute Gasteiger partial charge is 0.422 e. The maximum atomic E-state index is 12.5. The van der Waals surface area contributed by atoms with Gasteiger partial charge in [0.25, 0.3) is 0 Å². The lowest BCUT2D eigenvalue weighted by molar-refractivity contribution is 0.562. The lowest BCUT2D eigenvalue weighted by Crippen LogP contribution is -2.04. The Kier molecular flexibility index (Phi) is 5.06. The van der Waals surface area contributed by atoms with Crippen molar-refractivity contribution in [1.82, 2.24) is 15.0 Å². The summed E-state index contributed by atoms with van der Waals surface area (Å²) in [7, 11) is 0. The molecule has 0 aliphatic rings. The third kappa shape index (κ3) is 3.60. The van der Waals surface area contributed by atoms with E-state index < -0.39 is 0 Å². The van der Waals surface area contributed by atoms with E-state index in [-0.39, 0.29) is 5.63 Å². The van der Waals surface area contributed by atoms with Gasteiger partial charge in [-0.2, -0.15) is 15.0 Å². The summed E-state index contributed by atoms with van der Waals surface area (Å²) >= 11 is 0. The highest BCUT2D eigenvalue weighted by molar-refractivity contribution is 5.83. The van der Waals surface area contributed by atoms with Crippen LogP contribution in [0.25, 0.3) is 27.8 Å². The lowest BCUT2D eigenvalue weighted by atomic mass is 10.1. The van der Waals surface area contributed by atoms with Crippen LogP contribution in [0.15, 0.2) is 63.8 Å². The second kappa shape index (κ2) is 7.80. The Morgan fingerprint density at radius 3 is 2.61 bits per heavy atom. The van der Waals surface area contributed by atoms with Crippen molar-refractivity contribution in [2.45, 2.75) is 39.5 Å². The zero-order valence-corrected chi connectivity index (χ0v) is 16.2. The monoisotopic (exact) mass is 373 g/mol. The van der Waals surface area contributed by atoms with Crippen molar-refractivity contribution in [1.29, 1.82) is 0 Å². The van der Waals surface area contributed by atoms with Gasteiger partial charge in [0.1, 0.15) is 5.58 Å². The summed E-state index contributed by atoms with van der Waals surface area (Å²) in [5.41, 5.74) is 4.35. The van der Waals surface area contributed by atoms with Crippen LogP contribution in [0.5, 0.6) is 0 Å². The first kappa shape index (κ1) is 18.2. The van der Waals surface area contributed by atoms with Crippen LogP contribution in [0.1, 0.15) is 37.6 Å². The summed E-state index contributed by atoms with van der Waals surface area (Å²) in [5.74, 6) is 0. The van der Waals surface area contributed by atoms with Crippen molar-refractivity contribution in [3.8, 4) is 16.8 Å². The highest BCUT2D eigenvalue weighted by atomic mass is 16.4. The van der Waals surface area contributed by atoms with Crippen LogP contribution in [0, 0.1) is 6.92 Å². The van der Waals surface area contributed by atoms with Crippen molar-refractivity contribution in [3.63, 3.8) is 0 Å². The Hall–Kier alpha value is -3.21. The standard InChI is InChI=1S/C23H23N3O2/c1-3-4-6-11-21-16(2)24-26(25-21)19-13-12-18-14-20(17-9-7-5-8-10-17)23(27)28-22(18)15-19/h5,7-10,12-15H,3-4,6,11H2,1-2H3. The van der Waals surface area contributed by atoms with Gasteiger partial charge in [0.05, 0.1) is 22.6 Å². The Balaban J connectivity index is 1.69. The van der Waals surface area contributed by atoms with E-state index in [4.69, 9.17) is 4.42 Å². The summed E-state index contributed by atoms with van der Waals surface area (Å²) in [6.07, 6.45) is 4.42. The topological polar surface area (TPSA) is 60.9 Å². The molecule has 0 fully saturated rings. The number of benzene rings is 2. The van der Waals surface area contributed by atoms with Gasteiger partial charge in [-0.05, 0) is 43.5 Å². The molecule has 0 saturated heterocycles. The van der Waals surface area contributed by atoms with Crippen LogP contribution in [-0.4, -0.2) is 15.0 Å². The molecule has 2 aromatic carbocycles. The number of aromatic nitrogens is 3. The maximum Gasteiger partial charge on any atom is 0.344 e. The molecular formula is C23H23N3O2. The van der Waals surface area contributed by atoms with Crippen LogP contribution >= 0.6 is 0 Å². The van der Waals surface area contributed by atoms with Crippen LogP contribution in [0.3, 0.4) is 0 Å². The zero-order chi connectivity index (χ0) is 19.5. The van der Waals surface area contributed by atoms with E-state index >= 15 is 0 Å². The minimum atomic E-state index is -0.347. The van der Waals surface area contributed by atoms with Gasteiger partial charge >= 0.3 is 5.63 Å². The fourth-order valence-corrected chi connectivity index (χ4v) is 3.34. The van der Waals surface area contributed by atoms with Crippen LogP contribution < -0.4 is 5.63 Å². The second-order valence-electron chi connectivity index (χ2n) is 7.01. The Morgan fingerprint density at radius 1 is 1.00 bits per heavy atom. The molecule has 0 unspecified atom stereocenters. The maximum absolute atomic E-state index is 12.5. The average molecular weight is 373 g/mol. The molecule has 0 radical (unpaired) electrons. The van der Waals surface area contributed by atoms with Crippen molar-refractivity contribution >= 4 is 11.0 Å². The predicted molar refractivity (Wildman–Crippen MR) is 111 cm³/mol. The smallest absolute Gasteiger partial charge is 0.344 e. The van der Waals surface area contributed by atoms with Gasteiger partial charge in [0.2, 0.25) is 0 Å². The van der Waals surface area contributed by atoms with Crippen molar-refractivity contribution in [2.24, 2.45) is 0 Å². The second-order valence-corrected chi connectivity index (χ2v) is 7.01. The number of unbranched alkanes of at least 4 members (excludes halogenated alkanes) is 2. The molecule has 5 nitrogen and oxygen atoms in total. The van der Waals surface area contributed by atoms with Gasteiger partial charge in [-0.15, -0.1) is 0 Å². The Morgan fingerprint density at radius 2 is 1.82 bits per heavy atom. The number of rotatable bonds is 6.